The zero-order valence-electron chi connectivity index (χ0n) is 11.5. The molecule has 1 fully saturated rings. The molecule has 116 valence electrons. The Labute approximate surface area is 127 Å². The van der Waals surface area contributed by atoms with E-state index in [-0.39, 0.29) is 5.91 Å². The Kier molecular flexibility index (Phi) is 6.62. The van der Waals surface area contributed by atoms with E-state index >= 15 is 0 Å². The second-order valence-corrected chi connectivity index (χ2v) is 6.44. The number of aliphatic hydroxyl groups is 3. The summed E-state index contributed by atoms with van der Waals surface area (Å²) in [5.41, 5.74) is -0.690. The molecule has 1 amide bonds. The predicted octanol–water partition coefficient (Wildman–Crippen LogP) is -1.49. The monoisotopic (exact) mass is 324 g/mol. The molecule has 0 aromatic carbocycles. The molecule has 0 bridgehead atoms. The van der Waals surface area contributed by atoms with Gasteiger partial charge >= 0.3 is 0 Å². The normalized spacial score (nSPS) is 33.6. The number of thioether (sulfide) groups is 1. The predicted molar refractivity (Wildman–Crippen MR) is 79.2 cm³/mol. The Morgan fingerprint density at radius 1 is 1.40 bits per heavy atom. The minimum Gasteiger partial charge on any atom is -0.394 e. The third-order valence-corrected chi connectivity index (χ3v) is 4.69. The molecular formula is C11H20N2O5S2. The number of nitrogens with one attached hydrogen (secondary N) is 1. The van der Waals surface area contributed by atoms with Crippen molar-refractivity contribution in [3.8, 4) is 0 Å². The Morgan fingerprint density at radius 3 is 2.45 bits per heavy atom. The number of ether oxygens (including phenoxy) is 1. The first-order valence-corrected chi connectivity index (χ1v) is 7.34. The molecular weight excluding hydrogens is 304 g/mol. The van der Waals surface area contributed by atoms with Crippen molar-refractivity contribution in [2.45, 2.75) is 36.7 Å². The molecule has 1 rings (SSSR count). The summed E-state index contributed by atoms with van der Waals surface area (Å²) in [7, 11) is 3.53. The number of carbonyl (C=O) groups is 1. The van der Waals surface area contributed by atoms with Crippen LogP contribution in [0.5, 0.6) is 0 Å². The lowest BCUT2D eigenvalue weighted by Crippen LogP contribution is -2.63. The van der Waals surface area contributed by atoms with E-state index in [0.29, 0.717) is 4.32 Å². The van der Waals surface area contributed by atoms with Crippen LogP contribution in [-0.4, -0.2) is 80.9 Å². The van der Waals surface area contributed by atoms with Gasteiger partial charge in [0, 0.05) is 21.0 Å². The van der Waals surface area contributed by atoms with Gasteiger partial charge in [0.25, 0.3) is 0 Å². The van der Waals surface area contributed by atoms with E-state index in [4.69, 9.17) is 17.0 Å². The van der Waals surface area contributed by atoms with Crippen LogP contribution in [0.4, 0.5) is 0 Å². The Morgan fingerprint density at radius 2 is 2.00 bits per heavy atom. The summed E-state index contributed by atoms with van der Waals surface area (Å²) in [6, 6.07) is -0.812. The quantitative estimate of drug-likeness (QED) is 0.466. The lowest BCUT2D eigenvalue weighted by molar-refractivity contribution is -0.173. The van der Waals surface area contributed by atoms with Gasteiger partial charge in [-0.25, -0.2) is 0 Å². The van der Waals surface area contributed by atoms with Gasteiger partial charge in [0.2, 0.25) is 5.91 Å². The van der Waals surface area contributed by atoms with E-state index in [1.165, 1.54) is 6.92 Å². The molecule has 5 atom stereocenters. The highest BCUT2D eigenvalue weighted by Gasteiger charge is 2.45. The van der Waals surface area contributed by atoms with Crippen LogP contribution in [0.15, 0.2) is 0 Å². The second kappa shape index (κ2) is 7.53. The average molecular weight is 324 g/mol. The first kappa shape index (κ1) is 17.6. The SMILES string of the molecule is CC(=O)N[C@H]1[C@@H](O)[C@H](O)[C@@H](CO)O[C@@H]1SC(=S)N(C)C. The highest BCUT2D eigenvalue weighted by atomic mass is 32.2. The van der Waals surface area contributed by atoms with Crippen LogP contribution >= 0.6 is 24.0 Å². The summed E-state index contributed by atoms with van der Waals surface area (Å²) in [5.74, 6) is -0.353. The molecule has 0 aliphatic carbocycles. The van der Waals surface area contributed by atoms with Crippen LogP contribution in [0.3, 0.4) is 0 Å². The van der Waals surface area contributed by atoms with Crippen molar-refractivity contribution in [2.24, 2.45) is 0 Å². The van der Waals surface area contributed by atoms with Gasteiger partial charge in [0.1, 0.15) is 28.1 Å². The molecule has 9 heteroatoms. The third kappa shape index (κ3) is 4.27. The van der Waals surface area contributed by atoms with E-state index in [2.05, 4.69) is 5.32 Å². The molecule has 1 aliphatic rings. The smallest absolute Gasteiger partial charge is 0.217 e. The standard InChI is InChI=1S/C11H20N2O5S2/c1-5(15)12-7-9(17)8(16)6(4-14)18-10(7)20-11(19)13(2)3/h6-10,14,16-17H,4H2,1-3H3,(H,12,15)/t6-,7+,8-,9-,10-/m1/s1. The Balaban J connectivity index is 2.88. The first-order valence-electron chi connectivity index (χ1n) is 6.05. The Hall–Kier alpha value is -0.450. The number of hydrogen-bond donors (Lipinski definition) is 4. The minimum atomic E-state index is -1.28. The van der Waals surface area contributed by atoms with Gasteiger partial charge < -0.3 is 30.3 Å². The fraction of sp³-hybridized carbons (Fsp3) is 0.818. The molecule has 1 aliphatic heterocycles. The molecule has 4 N–H and O–H groups in total. The number of carbonyl (C=O) groups excluding carboxylic acids is 1. The Bertz CT molecular complexity index is 369. The number of aliphatic hydroxyl groups excluding tert-OH is 3. The highest BCUT2D eigenvalue weighted by Crippen LogP contribution is 2.29. The summed E-state index contributed by atoms with van der Waals surface area (Å²) in [5, 5.41) is 31.6. The summed E-state index contributed by atoms with van der Waals surface area (Å²) >= 11 is 6.30. The van der Waals surface area contributed by atoms with Gasteiger partial charge in [-0.1, -0.05) is 24.0 Å². The number of thiocarbonyl (C=S) groups is 1. The maximum Gasteiger partial charge on any atom is 0.217 e. The summed E-state index contributed by atoms with van der Waals surface area (Å²) in [6.07, 6.45) is -3.44. The number of amides is 1. The van der Waals surface area contributed by atoms with Crippen molar-refractivity contribution in [1.82, 2.24) is 10.2 Å². The lowest BCUT2D eigenvalue weighted by Gasteiger charge is -2.42. The average Bonchev–Trinajstić information content (AvgIpc) is 2.37. The van der Waals surface area contributed by atoms with Crippen LogP contribution < -0.4 is 5.32 Å². The van der Waals surface area contributed by atoms with Crippen molar-refractivity contribution < 1.29 is 24.9 Å². The maximum absolute atomic E-state index is 11.2. The number of hydrogen-bond acceptors (Lipinski definition) is 7. The van der Waals surface area contributed by atoms with Crippen molar-refractivity contribution in [2.75, 3.05) is 20.7 Å². The molecule has 0 radical (unpaired) electrons. The van der Waals surface area contributed by atoms with E-state index in [0.717, 1.165) is 11.8 Å². The van der Waals surface area contributed by atoms with Crippen LogP contribution in [-0.2, 0) is 9.53 Å². The molecule has 1 heterocycles. The highest BCUT2D eigenvalue weighted by molar-refractivity contribution is 8.23. The molecule has 0 aromatic heterocycles. The van der Waals surface area contributed by atoms with E-state index < -0.39 is 36.4 Å². The largest absolute Gasteiger partial charge is 0.394 e. The topological polar surface area (TPSA) is 102 Å². The first-order chi connectivity index (χ1) is 9.27. The van der Waals surface area contributed by atoms with Gasteiger partial charge in [0.15, 0.2) is 0 Å². The maximum atomic E-state index is 11.2. The molecule has 20 heavy (non-hydrogen) atoms. The van der Waals surface area contributed by atoms with E-state index in [1.807, 2.05) is 0 Å². The van der Waals surface area contributed by atoms with E-state index in [1.54, 1.807) is 19.0 Å². The van der Waals surface area contributed by atoms with E-state index in [9.17, 15) is 20.1 Å². The van der Waals surface area contributed by atoms with Crippen LogP contribution in [0.1, 0.15) is 6.92 Å². The van der Waals surface area contributed by atoms with Crippen LogP contribution in [0, 0.1) is 0 Å². The minimum absolute atomic E-state index is 0.353. The molecule has 7 nitrogen and oxygen atoms in total. The summed E-state index contributed by atoms with van der Waals surface area (Å²) in [4.78, 5) is 12.9. The van der Waals surface area contributed by atoms with Crippen LogP contribution in [0.25, 0.3) is 0 Å². The van der Waals surface area contributed by atoms with Gasteiger partial charge in [-0.15, -0.1) is 0 Å². The van der Waals surface area contributed by atoms with Crippen molar-refractivity contribution >= 4 is 34.2 Å². The van der Waals surface area contributed by atoms with Crippen LogP contribution in [0.2, 0.25) is 0 Å². The molecule has 1 saturated heterocycles. The fourth-order valence-corrected chi connectivity index (χ4v) is 3.04. The van der Waals surface area contributed by atoms with Gasteiger partial charge in [-0.2, -0.15) is 0 Å². The van der Waals surface area contributed by atoms with Crippen molar-refractivity contribution in [3.05, 3.63) is 0 Å². The van der Waals surface area contributed by atoms with Gasteiger partial charge in [-0.3, -0.25) is 4.79 Å². The van der Waals surface area contributed by atoms with Crippen molar-refractivity contribution in [3.63, 3.8) is 0 Å². The zero-order valence-corrected chi connectivity index (χ0v) is 13.1. The number of nitrogens with zero attached hydrogens (tertiary/aromatic N) is 1. The third-order valence-electron chi connectivity index (χ3n) is 2.83. The summed E-state index contributed by atoms with van der Waals surface area (Å²) < 4.78 is 6.03. The summed E-state index contributed by atoms with van der Waals surface area (Å²) in [6.45, 7) is 0.875. The molecule has 0 spiro atoms. The molecule has 0 saturated carbocycles. The lowest BCUT2D eigenvalue weighted by atomic mass is 9.98. The van der Waals surface area contributed by atoms with Gasteiger partial charge in [0.05, 0.1) is 12.6 Å². The zero-order chi connectivity index (χ0) is 15.4. The van der Waals surface area contributed by atoms with Crippen molar-refractivity contribution in [1.29, 1.82) is 0 Å². The van der Waals surface area contributed by atoms with Gasteiger partial charge in [-0.05, 0) is 0 Å². The fourth-order valence-electron chi connectivity index (χ4n) is 1.78. The molecule has 0 aromatic rings. The second-order valence-electron chi connectivity index (χ2n) is 4.71. The number of rotatable bonds is 3. The molecule has 0 unspecified atom stereocenters.